The number of fused-ring (bicyclic) bond motifs is 1. The van der Waals surface area contributed by atoms with Crippen LogP contribution in [0, 0.1) is 0 Å². The predicted molar refractivity (Wildman–Crippen MR) is 97.4 cm³/mol. The lowest BCUT2D eigenvalue weighted by Gasteiger charge is -2.28. The molecule has 0 aliphatic carbocycles. The van der Waals surface area contributed by atoms with Gasteiger partial charge in [-0.3, -0.25) is 9.69 Å². The van der Waals surface area contributed by atoms with Crippen molar-refractivity contribution >= 4 is 35.6 Å². The topological polar surface area (TPSA) is 32.3 Å². The molecule has 1 aliphatic heterocycles. The van der Waals surface area contributed by atoms with Crippen molar-refractivity contribution in [2.45, 2.75) is 19.4 Å². The molecule has 0 saturated heterocycles. The number of halogens is 2. The average molecular weight is 351 g/mol. The molecule has 122 valence electrons. The Morgan fingerprint density at radius 3 is 2.52 bits per heavy atom. The molecule has 0 bridgehead atoms. The molecule has 1 heterocycles. The van der Waals surface area contributed by atoms with Gasteiger partial charge in [-0.15, -0.1) is 12.4 Å². The smallest absolute Gasteiger partial charge is 0.225 e. The molecule has 3 rings (SSSR count). The molecule has 0 spiro atoms. The fraction of sp³-hybridized carbons (Fsp3) is 0.278. The van der Waals surface area contributed by atoms with Gasteiger partial charge in [-0.2, -0.15) is 0 Å². The van der Waals surface area contributed by atoms with Gasteiger partial charge >= 0.3 is 0 Å². The van der Waals surface area contributed by atoms with Crippen LogP contribution in [0.5, 0.6) is 0 Å². The van der Waals surface area contributed by atoms with E-state index in [4.69, 9.17) is 11.6 Å². The zero-order valence-corrected chi connectivity index (χ0v) is 14.4. The number of hydrogen-bond acceptors (Lipinski definition) is 2. The lowest BCUT2D eigenvalue weighted by atomic mass is 10.00. The molecule has 1 amide bonds. The Bertz CT molecular complexity index is 658. The van der Waals surface area contributed by atoms with Crippen molar-refractivity contribution in [3.8, 4) is 0 Å². The number of carbonyl (C=O) groups is 1. The van der Waals surface area contributed by atoms with Crippen molar-refractivity contribution in [2.75, 3.05) is 18.4 Å². The van der Waals surface area contributed by atoms with Gasteiger partial charge in [-0.25, -0.2) is 0 Å². The van der Waals surface area contributed by atoms with Gasteiger partial charge in [0.05, 0.1) is 0 Å². The Hall–Kier alpha value is -1.55. The first-order valence-electron chi connectivity index (χ1n) is 7.55. The number of benzene rings is 2. The molecule has 0 aromatic heterocycles. The Morgan fingerprint density at radius 1 is 1.09 bits per heavy atom. The molecule has 0 radical (unpaired) electrons. The standard InChI is InChI=1S/C18H19ClN2O.ClH/c19-16-5-7-17(8-6-16)20-18(22)10-12-21-11-9-14-3-1-2-4-15(14)13-21;/h1-8H,9-13H2,(H,20,22);1H. The Morgan fingerprint density at radius 2 is 1.78 bits per heavy atom. The summed E-state index contributed by atoms with van der Waals surface area (Å²) in [6.45, 7) is 2.74. The largest absolute Gasteiger partial charge is 0.326 e. The Balaban J connectivity index is 0.00000192. The third-order valence-electron chi connectivity index (χ3n) is 3.99. The molecular weight excluding hydrogens is 331 g/mol. The van der Waals surface area contributed by atoms with Crippen molar-refractivity contribution in [1.82, 2.24) is 4.90 Å². The molecule has 5 heteroatoms. The van der Waals surface area contributed by atoms with Crippen LogP contribution in [-0.2, 0) is 17.8 Å². The van der Waals surface area contributed by atoms with Crippen LogP contribution in [0.2, 0.25) is 5.02 Å². The number of nitrogens with zero attached hydrogens (tertiary/aromatic N) is 1. The molecule has 3 nitrogen and oxygen atoms in total. The van der Waals surface area contributed by atoms with Gasteiger partial charge in [0, 0.05) is 36.8 Å². The number of hydrogen-bond donors (Lipinski definition) is 1. The highest BCUT2D eigenvalue weighted by atomic mass is 35.5. The quantitative estimate of drug-likeness (QED) is 0.898. The zero-order chi connectivity index (χ0) is 15.4. The maximum absolute atomic E-state index is 12.0. The highest BCUT2D eigenvalue weighted by molar-refractivity contribution is 6.30. The summed E-state index contributed by atoms with van der Waals surface area (Å²) in [5, 5.41) is 3.57. The molecule has 0 saturated carbocycles. The molecule has 0 fully saturated rings. The summed E-state index contributed by atoms with van der Waals surface area (Å²) in [6.07, 6.45) is 1.57. The van der Waals surface area contributed by atoms with Gasteiger partial charge in [0.25, 0.3) is 0 Å². The number of amides is 1. The van der Waals surface area contributed by atoms with Crippen molar-refractivity contribution in [1.29, 1.82) is 0 Å². The van der Waals surface area contributed by atoms with Gasteiger partial charge in [-0.05, 0) is 41.8 Å². The lowest BCUT2D eigenvalue weighted by molar-refractivity contribution is -0.116. The van der Waals surface area contributed by atoms with Crippen LogP contribution < -0.4 is 5.32 Å². The maximum Gasteiger partial charge on any atom is 0.225 e. The van der Waals surface area contributed by atoms with E-state index in [1.807, 2.05) is 12.1 Å². The minimum atomic E-state index is 0. The van der Waals surface area contributed by atoms with E-state index in [1.165, 1.54) is 11.1 Å². The summed E-state index contributed by atoms with van der Waals surface area (Å²) in [5.41, 5.74) is 3.61. The monoisotopic (exact) mass is 350 g/mol. The maximum atomic E-state index is 12.0. The van der Waals surface area contributed by atoms with E-state index in [2.05, 4.69) is 34.5 Å². The minimum absolute atomic E-state index is 0. The lowest BCUT2D eigenvalue weighted by Crippen LogP contribution is -2.33. The van der Waals surface area contributed by atoms with Crippen LogP contribution in [0.1, 0.15) is 17.5 Å². The van der Waals surface area contributed by atoms with E-state index >= 15 is 0 Å². The van der Waals surface area contributed by atoms with Crippen molar-refractivity contribution in [2.24, 2.45) is 0 Å². The summed E-state index contributed by atoms with van der Waals surface area (Å²) in [6, 6.07) is 15.7. The van der Waals surface area contributed by atoms with E-state index < -0.39 is 0 Å². The zero-order valence-electron chi connectivity index (χ0n) is 12.8. The molecule has 2 aromatic rings. The van der Waals surface area contributed by atoms with Crippen molar-refractivity contribution < 1.29 is 4.79 Å². The first kappa shape index (κ1) is 17.8. The van der Waals surface area contributed by atoms with Gasteiger partial charge in [0.15, 0.2) is 0 Å². The highest BCUT2D eigenvalue weighted by Gasteiger charge is 2.16. The molecule has 0 atom stereocenters. The molecular formula is C18H20Cl2N2O. The van der Waals surface area contributed by atoms with Crippen LogP contribution in [0.15, 0.2) is 48.5 Å². The van der Waals surface area contributed by atoms with E-state index in [-0.39, 0.29) is 18.3 Å². The summed E-state index contributed by atoms with van der Waals surface area (Å²) >= 11 is 5.83. The van der Waals surface area contributed by atoms with E-state index in [1.54, 1.807) is 12.1 Å². The normalized spacial score (nSPS) is 13.8. The van der Waals surface area contributed by atoms with E-state index in [0.29, 0.717) is 11.4 Å². The number of anilines is 1. The second-order valence-electron chi connectivity index (χ2n) is 5.60. The first-order valence-corrected chi connectivity index (χ1v) is 7.93. The van der Waals surface area contributed by atoms with E-state index in [9.17, 15) is 4.79 Å². The fourth-order valence-electron chi connectivity index (χ4n) is 2.76. The average Bonchev–Trinajstić information content (AvgIpc) is 2.55. The second-order valence-corrected chi connectivity index (χ2v) is 6.04. The Labute approximate surface area is 148 Å². The third-order valence-corrected chi connectivity index (χ3v) is 4.24. The predicted octanol–water partition coefficient (Wildman–Crippen LogP) is 4.15. The van der Waals surface area contributed by atoms with Crippen LogP contribution >= 0.6 is 24.0 Å². The SMILES string of the molecule is Cl.O=C(CCN1CCc2ccccc2C1)Nc1ccc(Cl)cc1. The van der Waals surface area contributed by atoms with Gasteiger partial charge in [-0.1, -0.05) is 35.9 Å². The van der Waals surface area contributed by atoms with E-state index in [0.717, 1.165) is 31.7 Å². The Kier molecular flexibility index (Phi) is 6.46. The van der Waals surface area contributed by atoms with Crippen molar-refractivity contribution in [3.05, 3.63) is 64.7 Å². The van der Waals surface area contributed by atoms with Crippen LogP contribution in [-0.4, -0.2) is 23.9 Å². The summed E-state index contributed by atoms with van der Waals surface area (Å²) in [5.74, 6) is 0.0428. The molecule has 2 aromatic carbocycles. The second kappa shape index (κ2) is 8.34. The third kappa shape index (κ3) is 4.96. The molecule has 1 aliphatic rings. The van der Waals surface area contributed by atoms with Crippen LogP contribution in [0.4, 0.5) is 5.69 Å². The number of carbonyl (C=O) groups excluding carboxylic acids is 1. The van der Waals surface area contributed by atoms with Gasteiger partial charge < -0.3 is 5.32 Å². The molecule has 1 N–H and O–H groups in total. The fourth-order valence-corrected chi connectivity index (χ4v) is 2.89. The van der Waals surface area contributed by atoms with Crippen LogP contribution in [0.3, 0.4) is 0 Å². The summed E-state index contributed by atoms with van der Waals surface area (Å²) in [7, 11) is 0. The number of rotatable bonds is 4. The molecule has 0 unspecified atom stereocenters. The van der Waals surface area contributed by atoms with Crippen LogP contribution in [0.25, 0.3) is 0 Å². The summed E-state index contributed by atoms with van der Waals surface area (Å²) < 4.78 is 0. The van der Waals surface area contributed by atoms with Gasteiger partial charge in [0.1, 0.15) is 0 Å². The number of nitrogens with one attached hydrogen (secondary N) is 1. The summed E-state index contributed by atoms with van der Waals surface area (Å²) in [4.78, 5) is 14.4. The van der Waals surface area contributed by atoms with Gasteiger partial charge in [0.2, 0.25) is 5.91 Å². The first-order chi connectivity index (χ1) is 10.7. The van der Waals surface area contributed by atoms with Crippen molar-refractivity contribution in [3.63, 3.8) is 0 Å². The minimum Gasteiger partial charge on any atom is -0.326 e. The molecule has 23 heavy (non-hydrogen) atoms. The highest BCUT2D eigenvalue weighted by Crippen LogP contribution is 2.18.